The average molecular weight is 265 g/mol. The average Bonchev–Trinajstić information content (AvgIpc) is 2.45. The Morgan fingerprint density at radius 2 is 1.89 bits per heavy atom. The predicted molar refractivity (Wildman–Crippen MR) is 71.2 cm³/mol. The zero-order valence-corrected chi connectivity index (χ0v) is 11.1. The summed E-state index contributed by atoms with van der Waals surface area (Å²) in [6, 6.07) is 6.49. The monoisotopic (exact) mass is 265 g/mol. The summed E-state index contributed by atoms with van der Waals surface area (Å²) in [5.41, 5.74) is 5.78. The quantitative estimate of drug-likeness (QED) is 0.438. The Bertz CT molecular complexity index is 414. The SMILES string of the molecule is CCCCOC(=O)COc1ccc(C(=O)CN)cc1. The van der Waals surface area contributed by atoms with Crippen molar-refractivity contribution in [3.63, 3.8) is 0 Å². The van der Waals surface area contributed by atoms with Gasteiger partial charge in [-0.2, -0.15) is 0 Å². The summed E-state index contributed by atoms with van der Waals surface area (Å²) in [6.07, 6.45) is 1.83. The summed E-state index contributed by atoms with van der Waals surface area (Å²) >= 11 is 0. The second-order valence-electron chi connectivity index (χ2n) is 4.01. The number of Topliss-reactive ketones (excluding diaryl/α,β-unsaturated/α-hetero) is 1. The van der Waals surface area contributed by atoms with E-state index in [1.807, 2.05) is 6.92 Å². The molecule has 0 atom stereocenters. The van der Waals surface area contributed by atoms with E-state index in [0.717, 1.165) is 12.8 Å². The Balaban J connectivity index is 2.37. The summed E-state index contributed by atoms with van der Waals surface area (Å²) in [5, 5.41) is 0. The van der Waals surface area contributed by atoms with Crippen LogP contribution in [0.15, 0.2) is 24.3 Å². The number of hydrogen-bond acceptors (Lipinski definition) is 5. The molecule has 0 aliphatic heterocycles. The first-order valence-electron chi connectivity index (χ1n) is 6.29. The molecule has 1 rings (SSSR count). The van der Waals surface area contributed by atoms with Crippen molar-refractivity contribution in [2.24, 2.45) is 5.73 Å². The highest BCUT2D eigenvalue weighted by Gasteiger charge is 2.06. The van der Waals surface area contributed by atoms with Gasteiger partial charge in [0.2, 0.25) is 0 Å². The van der Waals surface area contributed by atoms with Crippen molar-refractivity contribution in [3.05, 3.63) is 29.8 Å². The molecule has 1 aromatic carbocycles. The van der Waals surface area contributed by atoms with E-state index in [2.05, 4.69) is 0 Å². The van der Waals surface area contributed by atoms with Crippen LogP contribution in [-0.2, 0) is 9.53 Å². The van der Waals surface area contributed by atoms with E-state index in [-0.39, 0.29) is 18.9 Å². The minimum absolute atomic E-state index is 0.0239. The fraction of sp³-hybridized carbons (Fsp3) is 0.429. The molecule has 1 aromatic rings. The van der Waals surface area contributed by atoms with Crippen molar-refractivity contribution >= 4 is 11.8 Å². The number of carbonyl (C=O) groups excluding carboxylic acids is 2. The van der Waals surface area contributed by atoms with E-state index < -0.39 is 5.97 Å². The van der Waals surface area contributed by atoms with Crippen LogP contribution in [0.2, 0.25) is 0 Å². The van der Waals surface area contributed by atoms with Gasteiger partial charge in [0, 0.05) is 5.56 Å². The topological polar surface area (TPSA) is 78.6 Å². The lowest BCUT2D eigenvalue weighted by Gasteiger charge is -2.07. The molecule has 0 aliphatic carbocycles. The van der Waals surface area contributed by atoms with Gasteiger partial charge < -0.3 is 15.2 Å². The maximum absolute atomic E-state index is 11.3. The first-order chi connectivity index (χ1) is 9.17. The van der Waals surface area contributed by atoms with Crippen molar-refractivity contribution in [1.29, 1.82) is 0 Å². The van der Waals surface area contributed by atoms with E-state index in [4.69, 9.17) is 15.2 Å². The molecule has 0 saturated heterocycles. The summed E-state index contributed by atoms with van der Waals surface area (Å²) < 4.78 is 10.2. The Morgan fingerprint density at radius 3 is 2.47 bits per heavy atom. The first-order valence-corrected chi connectivity index (χ1v) is 6.29. The number of ether oxygens (including phenoxy) is 2. The second kappa shape index (κ2) is 8.26. The van der Waals surface area contributed by atoms with Crippen LogP contribution in [0.25, 0.3) is 0 Å². The fourth-order valence-corrected chi connectivity index (χ4v) is 1.37. The molecule has 5 nitrogen and oxygen atoms in total. The molecule has 0 aliphatic rings. The first kappa shape index (κ1) is 15.2. The minimum Gasteiger partial charge on any atom is -0.482 e. The van der Waals surface area contributed by atoms with Gasteiger partial charge >= 0.3 is 5.97 Å². The van der Waals surface area contributed by atoms with Crippen molar-refractivity contribution < 1.29 is 19.1 Å². The summed E-state index contributed by atoms with van der Waals surface area (Å²) in [6.45, 7) is 2.29. The summed E-state index contributed by atoms with van der Waals surface area (Å²) in [4.78, 5) is 22.6. The standard InChI is InChI=1S/C14H19NO4/c1-2-3-8-18-14(17)10-19-12-6-4-11(5-7-12)13(16)9-15/h4-7H,2-3,8-10,15H2,1H3. The molecular weight excluding hydrogens is 246 g/mol. The molecule has 0 heterocycles. The van der Waals surface area contributed by atoms with Gasteiger partial charge in [0.15, 0.2) is 12.4 Å². The molecule has 0 saturated carbocycles. The molecule has 2 N–H and O–H groups in total. The molecule has 19 heavy (non-hydrogen) atoms. The zero-order chi connectivity index (χ0) is 14.1. The molecule has 0 fully saturated rings. The number of benzene rings is 1. The lowest BCUT2D eigenvalue weighted by Crippen LogP contribution is -2.16. The van der Waals surface area contributed by atoms with Gasteiger partial charge in [-0.15, -0.1) is 0 Å². The Morgan fingerprint density at radius 1 is 1.21 bits per heavy atom. The fourth-order valence-electron chi connectivity index (χ4n) is 1.37. The normalized spacial score (nSPS) is 10.0. The summed E-state index contributed by atoms with van der Waals surface area (Å²) in [5.74, 6) is -0.0119. The van der Waals surface area contributed by atoms with Crippen LogP contribution in [0.4, 0.5) is 0 Å². The molecule has 0 amide bonds. The van der Waals surface area contributed by atoms with E-state index in [1.54, 1.807) is 24.3 Å². The lowest BCUT2D eigenvalue weighted by molar-refractivity contribution is -0.146. The van der Waals surface area contributed by atoms with Crippen LogP contribution >= 0.6 is 0 Å². The van der Waals surface area contributed by atoms with Crippen LogP contribution < -0.4 is 10.5 Å². The highest BCUT2D eigenvalue weighted by molar-refractivity contribution is 5.97. The van der Waals surface area contributed by atoms with Gasteiger partial charge in [-0.05, 0) is 30.7 Å². The predicted octanol–water partition coefficient (Wildman–Crippen LogP) is 1.55. The Kier molecular flexibility index (Phi) is 6.60. The van der Waals surface area contributed by atoms with E-state index >= 15 is 0 Å². The maximum atomic E-state index is 11.3. The molecule has 104 valence electrons. The maximum Gasteiger partial charge on any atom is 0.344 e. The molecule has 0 bridgehead atoms. The van der Waals surface area contributed by atoms with Gasteiger partial charge in [0.1, 0.15) is 5.75 Å². The molecule has 0 unspecified atom stereocenters. The van der Waals surface area contributed by atoms with Crippen LogP contribution in [0.1, 0.15) is 30.1 Å². The third-order valence-corrected chi connectivity index (χ3v) is 2.48. The number of unbranched alkanes of at least 4 members (excludes halogenated alkanes) is 1. The second-order valence-corrected chi connectivity index (χ2v) is 4.01. The number of rotatable bonds is 8. The van der Waals surface area contributed by atoms with Gasteiger partial charge in [0.25, 0.3) is 0 Å². The molecule has 0 radical (unpaired) electrons. The lowest BCUT2D eigenvalue weighted by atomic mass is 10.1. The number of carbonyl (C=O) groups is 2. The van der Waals surface area contributed by atoms with Gasteiger partial charge in [-0.1, -0.05) is 13.3 Å². The third kappa shape index (κ3) is 5.52. The van der Waals surface area contributed by atoms with Gasteiger partial charge in [-0.3, -0.25) is 4.79 Å². The minimum atomic E-state index is -0.393. The highest BCUT2D eigenvalue weighted by Crippen LogP contribution is 2.12. The number of hydrogen-bond donors (Lipinski definition) is 1. The van der Waals surface area contributed by atoms with Crippen LogP contribution in [0.3, 0.4) is 0 Å². The molecule has 0 spiro atoms. The Labute approximate surface area is 112 Å². The largest absolute Gasteiger partial charge is 0.482 e. The van der Waals surface area contributed by atoms with Crippen molar-refractivity contribution in [2.45, 2.75) is 19.8 Å². The van der Waals surface area contributed by atoms with Crippen molar-refractivity contribution in [2.75, 3.05) is 19.8 Å². The van der Waals surface area contributed by atoms with Gasteiger partial charge in [0.05, 0.1) is 13.2 Å². The van der Waals surface area contributed by atoms with E-state index in [0.29, 0.717) is 17.9 Å². The number of esters is 1. The van der Waals surface area contributed by atoms with E-state index in [1.165, 1.54) is 0 Å². The zero-order valence-electron chi connectivity index (χ0n) is 11.1. The smallest absolute Gasteiger partial charge is 0.344 e. The van der Waals surface area contributed by atoms with Crippen LogP contribution in [0.5, 0.6) is 5.75 Å². The third-order valence-electron chi connectivity index (χ3n) is 2.48. The van der Waals surface area contributed by atoms with E-state index in [9.17, 15) is 9.59 Å². The van der Waals surface area contributed by atoms with Crippen molar-refractivity contribution in [3.8, 4) is 5.75 Å². The molecular formula is C14H19NO4. The Hall–Kier alpha value is -1.88. The highest BCUT2D eigenvalue weighted by atomic mass is 16.6. The van der Waals surface area contributed by atoms with Gasteiger partial charge in [-0.25, -0.2) is 4.79 Å². The van der Waals surface area contributed by atoms with Crippen LogP contribution in [0, 0.1) is 0 Å². The summed E-state index contributed by atoms with van der Waals surface area (Å²) in [7, 11) is 0. The molecule has 0 aromatic heterocycles. The molecule has 5 heteroatoms. The van der Waals surface area contributed by atoms with Crippen LogP contribution in [-0.4, -0.2) is 31.5 Å². The van der Waals surface area contributed by atoms with Crippen molar-refractivity contribution in [1.82, 2.24) is 0 Å². The number of ketones is 1. The number of nitrogens with two attached hydrogens (primary N) is 1.